The molecule has 0 bridgehead atoms. The molecule has 2 aromatic rings. The van der Waals surface area contributed by atoms with Crippen LogP contribution < -0.4 is 5.32 Å². The molecule has 0 unspecified atom stereocenters. The summed E-state index contributed by atoms with van der Waals surface area (Å²) in [6.07, 6.45) is 3.29. The van der Waals surface area contributed by atoms with Crippen molar-refractivity contribution in [3.63, 3.8) is 0 Å². The minimum Gasteiger partial charge on any atom is -0.338 e. The first-order chi connectivity index (χ1) is 11.7. The van der Waals surface area contributed by atoms with E-state index in [0.29, 0.717) is 24.9 Å². The number of aromatic nitrogens is 2. The molecule has 2 amide bonds. The highest BCUT2D eigenvalue weighted by molar-refractivity contribution is 5.74. The minimum absolute atomic E-state index is 0.0121. The van der Waals surface area contributed by atoms with Crippen molar-refractivity contribution < 1.29 is 9.32 Å². The monoisotopic (exact) mass is 326 g/mol. The maximum absolute atomic E-state index is 12.2. The van der Waals surface area contributed by atoms with Crippen molar-refractivity contribution in [3.05, 3.63) is 36.2 Å². The molecular weight excluding hydrogens is 304 g/mol. The van der Waals surface area contributed by atoms with Crippen LogP contribution in [0.1, 0.15) is 32.0 Å². The smallest absolute Gasteiger partial charge is 0.317 e. The summed E-state index contributed by atoms with van der Waals surface area (Å²) in [5, 5.41) is 7.20. The van der Waals surface area contributed by atoms with E-state index in [1.165, 1.54) is 0 Å². The molecule has 0 radical (unpaired) electrons. The predicted molar refractivity (Wildman–Crippen MR) is 89.4 cm³/mol. The molecule has 1 aliphatic heterocycles. The van der Waals surface area contributed by atoms with Gasteiger partial charge in [-0.15, -0.1) is 0 Å². The average Bonchev–Trinajstić information content (AvgIpc) is 3.29. The van der Waals surface area contributed by atoms with E-state index in [4.69, 9.17) is 9.51 Å². The summed E-state index contributed by atoms with van der Waals surface area (Å²) < 4.78 is 5.53. The number of rotatable bonds is 3. The van der Waals surface area contributed by atoms with Crippen LogP contribution in [0.5, 0.6) is 0 Å². The van der Waals surface area contributed by atoms with Gasteiger partial charge >= 0.3 is 6.03 Å². The van der Waals surface area contributed by atoms with Gasteiger partial charge in [-0.25, -0.2) is 4.79 Å². The van der Waals surface area contributed by atoms with Gasteiger partial charge in [0.1, 0.15) is 0 Å². The zero-order valence-corrected chi connectivity index (χ0v) is 13.9. The average molecular weight is 326 g/mol. The first-order valence-electron chi connectivity index (χ1n) is 8.65. The normalized spacial score (nSPS) is 25.7. The van der Waals surface area contributed by atoms with Gasteiger partial charge in [0.2, 0.25) is 0 Å². The van der Waals surface area contributed by atoms with Crippen molar-refractivity contribution in [2.75, 3.05) is 19.6 Å². The SMILES string of the molecule is CCNC(=O)N1C[C@H]2CCC[C@@]2(c2noc(-c3ccccc3)n2)C1. The van der Waals surface area contributed by atoms with Crippen LogP contribution in [0.2, 0.25) is 0 Å². The molecule has 6 heteroatoms. The summed E-state index contributed by atoms with van der Waals surface area (Å²) in [5.74, 6) is 1.74. The van der Waals surface area contributed by atoms with Crippen LogP contribution in [0.4, 0.5) is 4.79 Å². The van der Waals surface area contributed by atoms with E-state index < -0.39 is 0 Å². The van der Waals surface area contributed by atoms with Crippen molar-refractivity contribution >= 4 is 6.03 Å². The van der Waals surface area contributed by atoms with E-state index in [1.807, 2.05) is 42.2 Å². The number of hydrogen-bond acceptors (Lipinski definition) is 4. The first-order valence-corrected chi connectivity index (χ1v) is 8.65. The molecular formula is C18H22N4O2. The third-order valence-electron chi connectivity index (χ3n) is 5.38. The number of fused-ring (bicyclic) bond motifs is 1. The van der Waals surface area contributed by atoms with E-state index in [2.05, 4.69) is 10.5 Å². The molecule has 4 rings (SSSR count). The molecule has 2 atom stereocenters. The fourth-order valence-electron chi connectivity index (χ4n) is 4.20. The molecule has 1 N–H and O–H groups in total. The summed E-state index contributed by atoms with van der Waals surface area (Å²) >= 11 is 0. The van der Waals surface area contributed by atoms with Crippen molar-refractivity contribution in [3.8, 4) is 11.5 Å². The molecule has 1 aliphatic carbocycles. The van der Waals surface area contributed by atoms with Crippen LogP contribution in [0, 0.1) is 5.92 Å². The molecule has 6 nitrogen and oxygen atoms in total. The number of carbonyl (C=O) groups is 1. The number of hydrogen-bond donors (Lipinski definition) is 1. The van der Waals surface area contributed by atoms with Gasteiger partial charge < -0.3 is 14.7 Å². The molecule has 24 heavy (non-hydrogen) atoms. The van der Waals surface area contributed by atoms with Crippen LogP contribution in [0.25, 0.3) is 11.5 Å². The van der Waals surface area contributed by atoms with Crippen molar-refractivity contribution in [1.29, 1.82) is 0 Å². The number of carbonyl (C=O) groups excluding carboxylic acids is 1. The van der Waals surface area contributed by atoms with Crippen LogP contribution in [-0.2, 0) is 5.41 Å². The minimum atomic E-state index is -0.151. The second kappa shape index (κ2) is 5.92. The molecule has 2 heterocycles. The highest BCUT2D eigenvalue weighted by atomic mass is 16.5. The zero-order valence-electron chi connectivity index (χ0n) is 13.9. The summed E-state index contributed by atoms with van der Waals surface area (Å²) in [6, 6.07) is 9.84. The van der Waals surface area contributed by atoms with E-state index in [1.54, 1.807) is 0 Å². The second-order valence-electron chi connectivity index (χ2n) is 6.75. The third kappa shape index (κ3) is 2.37. The van der Waals surface area contributed by atoms with E-state index >= 15 is 0 Å². The summed E-state index contributed by atoms with van der Waals surface area (Å²) in [5.41, 5.74) is 0.780. The Bertz CT molecular complexity index is 730. The van der Waals surface area contributed by atoms with Gasteiger partial charge in [0, 0.05) is 25.2 Å². The highest BCUT2D eigenvalue weighted by Gasteiger charge is 2.54. The zero-order chi connectivity index (χ0) is 16.6. The van der Waals surface area contributed by atoms with Gasteiger partial charge in [-0.3, -0.25) is 0 Å². The molecule has 2 aliphatic rings. The number of amides is 2. The Kier molecular flexibility index (Phi) is 3.75. The Labute approximate surface area is 141 Å². The Hall–Kier alpha value is -2.37. The Balaban J connectivity index is 1.62. The lowest BCUT2D eigenvalue weighted by Gasteiger charge is -2.24. The molecule has 1 aromatic heterocycles. The van der Waals surface area contributed by atoms with Crippen LogP contribution >= 0.6 is 0 Å². The van der Waals surface area contributed by atoms with Crippen LogP contribution in [0.15, 0.2) is 34.9 Å². The van der Waals surface area contributed by atoms with Gasteiger partial charge in [-0.1, -0.05) is 29.8 Å². The molecule has 1 saturated carbocycles. The van der Waals surface area contributed by atoms with Crippen LogP contribution in [0.3, 0.4) is 0 Å². The third-order valence-corrected chi connectivity index (χ3v) is 5.38. The summed E-state index contributed by atoms with van der Waals surface area (Å²) in [7, 11) is 0. The van der Waals surface area contributed by atoms with Crippen molar-refractivity contribution in [2.24, 2.45) is 5.92 Å². The topological polar surface area (TPSA) is 71.3 Å². The number of nitrogens with zero attached hydrogens (tertiary/aromatic N) is 3. The van der Waals surface area contributed by atoms with Crippen LogP contribution in [-0.4, -0.2) is 40.7 Å². The Morgan fingerprint density at radius 2 is 2.25 bits per heavy atom. The van der Waals surface area contributed by atoms with Gasteiger partial charge in [-0.2, -0.15) is 4.98 Å². The Morgan fingerprint density at radius 3 is 3.04 bits per heavy atom. The van der Waals surface area contributed by atoms with Crippen molar-refractivity contribution in [1.82, 2.24) is 20.4 Å². The molecule has 2 fully saturated rings. The standard InChI is InChI=1S/C18H22N4O2/c1-2-19-17(23)22-11-14-9-6-10-18(14,12-22)16-20-15(24-21-16)13-7-4-3-5-8-13/h3-5,7-8,14H,2,6,9-12H2,1H3,(H,19,23)/t14-,18-/m1/s1. The number of nitrogens with one attached hydrogen (secondary N) is 1. The van der Waals surface area contributed by atoms with Gasteiger partial charge in [0.15, 0.2) is 5.82 Å². The van der Waals surface area contributed by atoms with Gasteiger partial charge in [-0.05, 0) is 37.8 Å². The fourth-order valence-corrected chi connectivity index (χ4v) is 4.20. The van der Waals surface area contributed by atoms with Gasteiger partial charge in [0.05, 0.1) is 5.41 Å². The molecule has 1 saturated heterocycles. The first kappa shape index (κ1) is 15.2. The maximum Gasteiger partial charge on any atom is 0.317 e. The second-order valence-corrected chi connectivity index (χ2v) is 6.75. The lowest BCUT2D eigenvalue weighted by atomic mass is 9.80. The Morgan fingerprint density at radius 1 is 1.42 bits per heavy atom. The van der Waals surface area contributed by atoms with Crippen molar-refractivity contribution in [2.45, 2.75) is 31.6 Å². The lowest BCUT2D eigenvalue weighted by molar-refractivity contribution is 0.204. The van der Waals surface area contributed by atoms with E-state index in [0.717, 1.165) is 37.2 Å². The van der Waals surface area contributed by atoms with Gasteiger partial charge in [0.25, 0.3) is 5.89 Å². The molecule has 1 aromatic carbocycles. The summed E-state index contributed by atoms with van der Waals surface area (Å²) in [4.78, 5) is 18.8. The molecule has 126 valence electrons. The highest BCUT2D eigenvalue weighted by Crippen LogP contribution is 2.49. The molecule has 0 spiro atoms. The van der Waals surface area contributed by atoms with E-state index in [-0.39, 0.29) is 11.4 Å². The summed E-state index contributed by atoms with van der Waals surface area (Å²) in [6.45, 7) is 4.04. The maximum atomic E-state index is 12.2. The number of benzene rings is 1. The quantitative estimate of drug-likeness (QED) is 0.941. The largest absolute Gasteiger partial charge is 0.338 e. The number of urea groups is 1. The predicted octanol–water partition coefficient (Wildman–Crippen LogP) is 2.82. The lowest BCUT2D eigenvalue weighted by Crippen LogP contribution is -2.40. The fraction of sp³-hybridized carbons (Fsp3) is 0.500. The van der Waals surface area contributed by atoms with E-state index in [9.17, 15) is 4.79 Å². The number of likely N-dealkylation sites (tertiary alicyclic amines) is 1.